The molecule has 0 spiro atoms. The van der Waals surface area contributed by atoms with Gasteiger partial charge in [-0.2, -0.15) is 5.26 Å². The first-order valence-electron chi connectivity index (χ1n) is 7.64. The molecule has 1 aromatic carbocycles. The lowest BCUT2D eigenvalue weighted by atomic mass is 9.99. The number of fused-ring (bicyclic) bond motifs is 3. The Morgan fingerprint density at radius 2 is 1.95 bits per heavy atom. The average molecular weight is 278 g/mol. The summed E-state index contributed by atoms with van der Waals surface area (Å²) in [4.78, 5) is 4.66. The molecular formula is C17H18N4. The molecule has 4 nitrogen and oxygen atoms in total. The van der Waals surface area contributed by atoms with E-state index in [-0.39, 0.29) is 0 Å². The van der Waals surface area contributed by atoms with E-state index in [9.17, 15) is 5.26 Å². The van der Waals surface area contributed by atoms with Crippen molar-refractivity contribution in [2.45, 2.75) is 43.8 Å². The van der Waals surface area contributed by atoms with E-state index in [0.29, 0.717) is 23.7 Å². The second kappa shape index (κ2) is 5.01. The number of aromatic nitrogens is 1. The van der Waals surface area contributed by atoms with Crippen LogP contribution in [-0.4, -0.2) is 23.1 Å². The number of nitriles is 1. The molecule has 2 aliphatic rings. The maximum atomic E-state index is 9.38. The predicted octanol–water partition coefficient (Wildman–Crippen LogP) is 2.80. The number of anilines is 1. The number of hydrogen-bond acceptors (Lipinski definition) is 4. The molecule has 4 rings (SSSR count). The quantitative estimate of drug-likeness (QED) is 0.886. The lowest BCUT2D eigenvalue weighted by Gasteiger charge is -2.30. The van der Waals surface area contributed by atoms with Crippen LogP contribution >= 0.6 is 0 Å². The second-order valence-corrected chi connectivity index (χ2v) is 6.14. The highest BCUT2D eigenvalue weighted by Gasteiger charge is 2.33. The fraction of sp³-hybridized carbons (Fsp3) is 0.412. The Hall–Kier alpha value is -2.12. The molecule has 4 heteroatoms. The standard InChI is InChI=1S/C17H18N4/c18-10-12-7-11-3-1-2-4-16(11)21-17(12)20-15-8-13-5-6-14(9-15)19-13/h1-4,7,13-15,19H,5-6,8-9H2,(H,20,21). The lowest BCUT2D eigenvalue weighted by Crippen LogP contribution is -2.43. The molecule has 2 bridgehead atoms. The van der Waals surface area contributed by atoms with Crippen molar-refractivity contribution in [3.8, 4) is 6.07 Å². The summed E-state index contributed by atoms with van der Waals surface area (Å²) in [7, 11) is 0. The van der Waals surface area contributed by atoms with Crippen molar-refractivity contribution in [2.24, 2.45) is 0 Å². The van der Waals surface area contributed by atoms with Gasteiger partial charge < -0.3 is 10.6 Å². The second-order valence-electron chi connectivity index (χ2n) is 6.14. The van der Waals surface area contributed by atoms with Crippen LogP contribution in [-0.2, 0) is 0 Å². The number of hydrogen-bond donors (Lipinski definition) is 2. The Kier molecular flexibility index (Phi) is 3.01. The predicted molar refractivity (Wildman–Crippen MR) is 83.0 cm³/mol. The SMILES string of the molecule is N#Cc1cc2ccccc2nc1NC1CC2CCC(C1)N2. The van der Waals surface area contributed by atoms with Gasteiger partial charge in [-0.3, -0.25) is 0 Å². The van der Waals surface area contributed by atoms with E-state index in [2.05, 4.69) is 21.7 Å². The van der Waals surface area contributed by atoms with Crippen molar-refractivity contribution in [2.75, 3.05) is 5.32 Å². The minimum Gasteiger partial charge on any atom is -0.366 e. The van der Waals surface area contributed by atoms with Crippen LogP contribution in [0.2, 0.25) is 0 Å². The largest absolute Gasteiger partial charge is 0.366 e. The van der Waals surface area contributed by atoms with Crippen LogP contribution in [0.25, 0.3) is 10.9 Å². The zero-order valence-electron chi connectivity index (χ0n) is 11.8. The molecule has 2 atom stereocenters. The summed E-state index contributed by atoms with van der Waals surface area (Å²) in [5.41, 5.74) is 1.58. The van der Waals surface area contributed by atoms with E-state index in [4.69, 9.17) is 0 Å². The van der Waals surface area contributed by atoms with Crippen molar-refractivity contribution in [3.05, 3.63) is 35.9 Å². The summed E-state index contributed by atoms with van der Waals surface area (Å²) in [6.07, 6.45) is 4.80. The van der Waals surface area contributed by atoms with Gasteiger partial charge in [-0.15, -0.1) is 0 Å². The first-order valence-corrected chi connectivity index (χ1v) is 7.64. The van der Waals surface area contributed by atoms with Gasteiger partial charge in [-0.05, 0) is 37.8 Å². The van der Waals surface area contributed by atoms with Crippen molar-refractivity contribution >= 4 is 16.7 Å². The molecule has 2 saturated heterocycles. The van der Waals surface area contributed by atoms with Crippen LogP contribution in [0.5, 0.6) is 0 Å². The normalized spacial score (nSPS) is 27.5. The molecule has 2 unspecified atom stereocenters. The number of nitrogens with zero attached hydrogens (tertiary/aromatic N) is 2. The molecule has 1 aromatic heterocycles. The van der Waals surface area contributed by atoms with Gasteiger partial charge in [0.05, 0.1) is 11.1 Å². The molecule has 0 radical (unpaired) electrons. The van der Waals surface area contributed by atoms with Gasteiger partial charge in [0.1, 0.15) is 11.9 Å². The van der Waals surface area contributed by atoms with Crippen molar-refractivity contribution in [1.82, 2.24) is 10.3 Å². The molecule has 21 heavy (non-hydrogen) atoms. The molecule has 0 saturated carbocycles. The highest BCUT2D eigenvalue weighted by molar-refractivity contribution is 5.82. The van der Waals surface area contributed by atoms with Gasteiger partial charge in [-0.25, -0.2) is 4.98 Å². The lowest BCUT2D eigenvalue weighted by molar-refractivity contribution is 0.377. The van der Waals surface area contributed by atoms with E-state index in [1.165, 1.54) is 12.8 Å². The third kappa shape index (κ3) is 2.34. The summed E-state index contributed by atoms with van der Waals surface area (Å²) in [5.74, 6) is 0.738. The van der Waals surface area contributed by atoms with Gasteiger partial charge in [-0.1, -0.05) is 18.2 Å². The Morgan fingerprint density at radius 1 is 1.19 bits per heavy atom. The van der Waals surface area contributed by atoms with Crippen LogP contribution in [0.1, 0.15) is 31.2 Å². The molecule has 0 amide bonds. The molecule has 106 valence electrons. The smallest absolute Gasteiger partial charge is 0.144 e. The Labute approximate surface area is 124 Å². The van der Waals surface area contributed by atoms with E-state index < -0.39 is 0 Å². The van der Waals surface area contributed by atoms with Gasteiger partial charge in [0.25, 0.3) is 0 Å². The van der Waals surface area contributed by atoms with Gasteiger partial charge in [0, 0.05) is 23.5 Å². The topological polar surface area (TPSA) is 60.7 Å². The fourth-order valence-corrected chi connectivity index (χ4v) is 3.68. The zero-order valence-corrected chi connectivity index (χ0v) is 11.8. The summed E-state index contributed by atoms with van der Waals surface area (Å²) in [6, 6.07) is 13.8. The molecule has 0 aliphatic carbocycles. The summed E-state index contributed by atoms with van der Waals surface area (Å²) < 4.78 is 0. The van der Waals surface area contributed by atoms with Crippen LogP contribution in [0.15, 0.2) is 30.3 Å². The summed E-state index contributed by atoms with van der Waals surface area (Å²) >= 11 is 0. The molecule has 2 aliphatic heterocycles. The highest BCUT2D eigenvalue weighted by Crippen LogP contribution is 2.29. The van der Waals surface area contributed by atoms with Crippen molar-refractivity contribution in [3.63, 3.8) is 0 Å². The average Bonchev–Trinajstić information content (AvgIpc) is 2.85. The van der Waals surface area contributed by atoms with Crippen LogP contribution < -0.4 is 10.6 Å². The van der Waals surface area contributed by atoms with Crippen molar-refractivity contribution < 1.29 is 0 Å². The maximum Gasteiger partial charge on any atom is 0.144 e. The third-order valence-electron chi connectivity index (χ3n) is 4.66. The minimum absolute atomic E-state index is 0.421. The number of para-hydroxylation sites is 1. The van der Waals surface area contributed by atoms with Crippen LogP contribution in [0.3, 0.4) is 0 Å². The van der Waals surface area contributed by atoms with Crippen molar-refractivity contribution in [1.29, 1.82) is 5.26 Å². The first kappa shape index (κ1) is 12.6. The maximum absolute atomic E-state index is 9.38. The minimum atomic E-state index is 0.421. The molecule has 3 heterocycles. The van der Waals surface area contributed by atoms with E-state index in [0.717, 1.165) is 29.6 Å². The molecule has 2 N–H and O–H groups in total. The van der Waals surface area contributed by atoms with E-state index in [1.54, 1.807) is 0 Å². The van der Waals surface area contributed by atoms with Gasteiger partial charge >= 0.3 is 0 Å². The van der Waals surface area contributed by atoms with E-state index in [1.807, 2.05) is 30.3 Å². The van der Waals surface area contributed by atoms with Crippen LogP contribution in [0.4, 0.5) is 5.82 Å². The highest BCUT2D eigenvalue weighted by atomic mass is 15.1. The van der Waals surface area contributed by atoms with Gasteiger partial charge in [0.2, 0.25) is 0 Å². The Morgan fingerprint density at radius 3 is 2.71 bits per heavy atom. The van der Waals surface area contributed by atoms with Crippen LogP contribution in [0, 0.1) is 11.3 Å². The van der Waals surface area contributed by atoms with Gasteiger partial charge in [0.15, 0.2) is 0 Å². The number of rotatable bonds is 2. The fourth-order valence-electron chi connectivity index (χ4n) is 3.68. The monoisotopic (exact) mass is 278 g/mol. The Bertz CT molecular complexity index is 706. The number of piperidine rings is 1. The first-order chi connectivity index (χ1) is 10.3. The van der Waals surface area contributed by atoms with E-state index >= 15 is 0 Å². The third-order valence-corrected chi connectivity index (χ3v) is 4.66. The number of benzene rings is 1. The summed E-state index contributed by atoms with van der Waals surface area (Å²) in [6.45, 7) is 0. The molecule has 2 aromatic rings. The molecular weight excluding hydrogens is 260 g/mol. The zero-order chi connectivity index (χ0) is 14.2. The molecule has 2 fully saturated rings. The number of nitrogens with one attached hydrogen (secondary N) is 2. The summed E-state index contributed by atoms with van der Waals surface area (Å²) in [5, 5.41) is 17.6. The Balaban J connectivity index is 1.65. The number of pyridine rings is 1.